The van der Waals surface area contributed by atoms with Gasteiger partial charge >= 0.3 is 0 Å². The fourth-order valence-electron chi connectivity index (χ4n) is 3.03. The van der Waals surface area contributed by atoms with Gasteiger partial charge in [0.15, 0.2) is 0 Å². The molecule has 0 spiro atoms. The number of hydrogen-bond acceptors (Lipinski definition) is 3. The van der Waals surface area contributed by atoms with Gasteiger partial charge in [-0.05, 0) is 24.5 Å². The van der Waals surface area contributed by atoms with Crippen LogP contribution in [0.15, 0.2) is 24.3 Å². The SMILES string of the molecule is CCCCSC(=S)N1Cc2[nH]c3ccccc3c2C[C@H]1CO. The molecule has 1 aliphatic rings. The Morgan fingerprint density at radius 3 is 3.05 bits per heavy atom. The molecule has 2 aromatic rings. The number of aliphatic hydroxyl groups is 1. The normalized spacial score (nSPS) is 17.7. The molecule has 3 nitrogen and oxygen atoms in total. The second-order valence-electron chi connectivity index (χ2n) is 5.76. The summed E-state index contributed by atoms with van der Waals surface area (Å²) in [6.07, 6.45) is 3.22. The summed E-state index contributed by atoms with van der Waals surface area (Å²) in [4.78, 5) is 5.71. The Balaban J connectivity index is 1.83. The van der Waals surface area contributed by atoms with E-state index in [2.05, 4.69) is 41.1 Å². The smallest absolute Gasteiger partial charge is 0.137 e. The number of aliphatic hydroxyl groups excluding tert-OH is 1. The highest BCUT2D eigenvalue weighted by molar-refractivity contribution is 8.22. The number of aromatic amines is 1. The molecular formula is C17H22N2OS2. The van der Waals surface area contributed by atoms with Crippen molar-refractivity contribution in [2.45, 2.75) is 38.8 Å². The number of thioether (sulfide) groups is 1. The van der Waals surface area contributed by atoms with Gasteiger partial charge in [0.1, 0.15) is 4.32 Å². The molecule has 0 unspecified atom stereocenters. The third-order valence-corrected chi connectivity index (χ3v) is 5.84. The number of nitrogens with one attached hydrogen (secondary N) is 1. The molecule has 0 radical (unpaired) electrons. The van der Waals surface area contributed by atoms with E-state index in [4.69, 9.17) is 12.2 Å². The lowest BCUT2D eigenvalue weighted by molar-refractivity contribution is 0.169. The Morgan fingerprint density at radius 2 is 2.27 bits per heavy atom. The first kappa shape index (κ1) is 15.8. The van der Waals surface area contributed by atoms with Gasteiger partial charge in [-0.3, -0.25) is 0 Å². The minimum absolute atomic E-state index is 0.0910. The van der Waals surface area contributed by atoms with Crippen molar-refractivity contribution in [3.05, 3.63) is 35.5 Å². The Kier molecular flexibility index (Phi) is 5.06. The third-order valence-electron chi connectivity index (χ3n) is 4.28. The Hall–Kier alpha value is -1.04. The zero-order chi connectivity index (χ0) is 15.5. The summed E-state index contributed by atoms with van der Waals surface area (Å²) in [5.41, 5.74) is 3.76. The molecular weight excluding hydrogens is 312 g/mol. The van der Waals surface area contributed by atoms with E-state index >= 15 is 0 Å². The van der Waals surface area contributed by atoms with Gasteiger partial charge < -0.3 is 15.0 Å². The van der Waals surface area contributed by atoms with E-state index in [1.165, 1.54) is 35.0 Å². The van der Waals surface area contributed by atoms with Crippen molar-refractivity contribution in [3.63, 3.8) is 0 Å². The van der Waals surface area contributed by atoms with Gasteiger partial charge in [0.2, 0.25) is 0 Å². The van der Waals surface area contributed by atoms with E-state index in [-0.39, 0.29) is 12.6 Å². The maximum absolute atomic E-state index is 9.80. The van der Waals surface area contributed by atoms with Crippen LogP contribution in [0.4, 0.5) is 0 Å². The van der Waals surface area contributed by atoms with Crippen LogP contribution in [-0.2, 0) is 13.0 Å². The number of rotatable bonds is 4. The summed E-state index contributed by atoms with van der Waals surface area (Å²) in [5, 5.41) is 11.1. The molecule has 5 heteroatoms. The van der Waals surface area contributed by atoms with E-state index < -0.39 is 0 Å². The lowest BCUT2D eigenvalue weighted by atomic mass is 9.98. The van der Waals surface area contributed by atoms with Crippen molar-refractivity contribution in [3.8, 4) is 0 Å². The number of H-pyrrole nitrogens is 1. The van der Waals surface area contributed by atoms with Gasteiger partial charge in [-0.25, -0.2) is 0 Å². The van der Waals surface area contributed by atoms with Gasteiger partial charge in [0.05, 0.1) is 19.2 Å². The number of nitrogens with zero attached hydrogens (tertiary/aromatic N) is 1. The minimum atomic E-state index is 0.0910. The molecule has 0 fully saturated rings. The Labute approximate surface area is 141 Å². The van der Waals surface area contributed by atoms with Crippen LogP contribution < -0.4 is 0 Å². The highest BCUT2D eigenvalue weighted by atomic mass is 32.2. The van der Waals surface area contributed by atoms with Crippen LogP contribution in [0.25, 0.3) is 10.9 Å². The van der Waals surface area contributed by atoms with Crippen LogP contribution in [0.5, 0.6) is 0 Å². The van der Waals surface area contributed by atoms with Crippen LogP contribution in [0.3, 0.4) is 0 Å². The lowest BCUT2D eigenvalue weighted by Crippen LogP contribution is -2.44. The fourth-order valence-corrected chi connectivity index (χ4v) is 4.48. The minimum Gasteiger partial charge on any atom is -0.394 e. The first-order chi connectivity index (χ1) is 10.7. The maximum atomic E-state index is 9.80. The third kappa shape index (κ3) is 3.03. The first-order valence-electron chi connectivity index (χ1n) is 7.87. The molecule has 0 bridgehead atoms. The van der Waals surface area contributed by atoms with Crippen molar-refractivity contribution >= 4 is 39.2 Å². The molecule has 1 aliphatic heterocycles. The Morgan fingerprint density at radius 1 is 1.45 bits per heavy atom. The highest BCUT2D eigenvalue weighted by Gasteiger charge is 2.29. The fraction of sp³-hybridized carbons (Fsp3) is 0.471. The molecule has 0 saturated heterocycles. The first-order valence-corrected chi connectivity index (χ1v) is 9.26. The van der Waals surface area contributed by atoms with Gasteiger partial charge in [0, 0.05) is 22.3 Å². The van der Waals surface area contributed by atoms with Crippen LogP contribution in [0.1, 0.15) is 31.0 Å². The molecule has 0 saturated carbocycles. The number of fused-ring (bicyclic) bond motifs is 3. The summed E-state index contributed by atoms with van der Waals surface area (Å²) in [7, 11) is 0. The number of para-hydroxylation sites is 1. The number of aromatic nitrogens is 1. The van der Waals surface area contributed by atoms with Crippen LogP contribution in [0.2, 0.25) is 0 Å². The highest BCUT2D eigenvalue weighted by Crippen LogP contribution is 2.31. The maximum Gasteiger partial charge on any atom is 0.137 e. The molecule has 1 aromatic carbocycles. The van der Waals surface area contributed by atoms with Gasteiger partial charge in [-0.1, -0.05) is 55.5 Å². The molecule has 2 heterocycles. The zero-order valence-electron chi connectivity index (χ0n) is 12.8. The van der Waals surface area contributed by atoms with Gasteiger partial charge in [-0.15, -0.1) is 0 Å². The average molecular weight is 335 g/mol. The molecule has 0 aliphatic carbocycles. The lowest BCUT2D eigenvalue weighted by Gasteiger charge is -2.36. The molecule has 2 N–H and O–H groups in total. The van der Waals surface area contributed by atoms with Crippen molar-refractivity contribution in [2.24, 2.45) is 0 Å². The summed E-state index contributed by atoms with van der Waals surface area (Å²) in [5.74, 6) is 1.06. The molecule has 0 amide bonds. The number of unbranched alkanes of at least 4 members (excludes halogenated alkanes) is 1. The molecule has 1 atom stereocenters. The predicted octanol–water partition coefficient (Wildman–Crippen LogP) is 3.71. The summed E-state index contributed by atoms with van der Waals surface area (Å²) in [6.45, 7) is 3.11. The van der Waals surface area contributed by atoms with E-state index in [0.717, 1.165) is 23.0 Å². The standard InChI is InChI=1S/C17H22N2OS2/c1-2-3-8-22-17(21)19-10-16-14(9-12(19)11-20)13-6-4-5-7-15(13)18-16/h4-7,12,18,20H,2-3,8-11H2,1H3/t12-/m0/s1. The summed E-state index contributed by atoms with van der Waals surface area (Å²) >= 11 is 7.35. The molecule has 1 aromatic heterocycles. The Bertz CT molecular complexity index is 668. The summed E-state index contributed by atoms with van der Waals surface area (Å²) < 4.78 is 0.914. The van der Waals surface area contributed by atoms with E-state index in [1.54, 1.807) is 11.8 Å². The van der Waals surface area contributed by atoms with Gasteiger partial charge in [0.25, 0.3) is 0 Å². The van der Waals surface area contributed by atoms with E-state index in [0.29, 0.717) is 0 Å². The second-order valence-corrected chi connectivity index (χ2v) is 7.49. The van der Waals surface area contributed by atoms with Crippen molar-refractivity contribution in [1.82, 2.24) is 9.88 Å². The molecule has 3 rings (SSSR count). The van der Waals surface area contributed by atoms with E-state index in [9.17, 15) is 5.11 Å². The van der Waals surface area contributed by atoms with Crippen LogP contribution in [0, 0.1) is 0 Å². The van der Waals surface area contributed by atoms with Crippen molar-refractivity contribution in [2.75, 3.05) is 12.4 Å². The average Bonchev–Trinajstić information content (AvgIpc) is 2.91. The summed E-state index contributed by atoms with van der Waals surface area (Å²) in [6, 6.07) is 8.48. The van der Waals surface area contributed by atoms with Gasteiger partial charge in [-0.2, -0.15) is 0 Å². The van der Waals surface area contributed by atoms with Crippen LogP contribution >= 0.6 is 24.0 Å². The topological polar surface area (TPSA) is 39.3 Å². The van der Waals surface area contributed by atoms with E-state index in [1.807, 2.05) is 0 Å². The quantitative estimate of drug-likeness (QED) is 0.660. The second kappa shape index (κ2) is 7.02. The number of thiocarbonyl (C=S) groups is 1. The monoisotopic (exact) mass is 334 g/mol. The molecule has 22 heavy (non-hydrogen) atoms. The van der Waals surface area contributed by atoms with Crippen molar-refractivity contribution in [1.29, 1.82) is 0 Å². The molecule has 118 valence electrons. The largest absolute Gasteiger partial charge is 0.394 e. The van der Waals surface area contributed by atoms with Crippen molar-refractivity contribution < 1.29 is 5.11 Å². The van der Waals surface area contributed by atoms with Crippen LogP contribution in [-0.4, -0.2) is 37.7 Å². The zero-order valence-corrected chi connectivity index (χ0v) is 14.5. The number of benzene rings is 1. The predicted molar refractivity (Wildman–Crippen MR) is 98.4 cm³/mol. The number of hydrogen-bond donors (Lipinski definition) is 2.